The van der Waals surface area contributed by atoms with Crippen molar-refractivity contribution in [2.24, 2.45) is 0 Å². The van der Waals surface area contributed by atoms with Crippen molar-refractivity contribution in [2.45, 2.75) is 26.2 Å². The predicted molar refractivity (Wildman–Crippen MR) is 39.6 cm³/mol. The molecule has 1 heterocycles. The molecule has 0 N–H and O–H groups in total. The Morgan fingerprint density at radius 1 is 1.30 bits per heavy atom. The molecule has 0 spiro atoms. The standard InChI is InChI=1S/C8H11N2/c1-8(2,3)7-6-9-4-5-10-7/h4-5H,1-3H3. The van der Waals surface area contributed by atoms with Crippen molar-refractivity contribution in [3.05, 3.63) is 24.3 Å². The van der Waals surface area contributed by atoms with Crippen LogP contribution in [0.2, 0.25) is 0 Å². The fourth-order valence-corrected chi connectivity index (χ4v) is 0.630. The van der Waals surface area contributed by atoms with E-state index in [1.807, 2.05) is 0 Å². The summed E-state index contributed by atoms with van der Waals surface area (Å²) >= 11 is 0. The highest BCUT2D eigenvalue weighted by Crippen LogP contribution is 2.16. The lowest BCUT2D eigenvalue weighted by Gasteiger charge is -2.15. The molecule has 0 bridgehead atoms. The minimum atomic E-state index is 0.0637. The third-order valence-corrected chi connectivity index (χ3v) is 1.23. The molecule has 0 atom stereocenters. The lowest BCUT2D eigenvalue weighted by Crippen LogP contribution is -2.13. The van der Waals surface area contributed by atoms with Crippen molar-refractivity contribution in [3.63, 3.8) is 0 Å². The van der Waals surface area contributed by atoms with Gasteiger partial charge in [-0.3, -0.25) is 9.97 Å². The summed E-state index contributed by atoms with van der Waals surface area (Å²) in [6.45, 7) is 6.27. The van der Waals surface area contributed by atoms with Gasteiger partial charge in [0.05, 0.1) is 5.69 Å². The number of rotatable bonds is 0. The van der Waals surface area contributed by atoms with E-state index in [0.717, 1.165) is 5.69 Å². The van der Waals surface area contributed by atoms with Gasteiger partial charge in [0, 0.05) is 17.8 Å². The molecule has 1 aromatic rings. The number of aromatic nitrogens is 2. The second kappa shape index (κ2) is 2.37. The van der Waals surface area contributed by atoms with Gasteiger partial charge in [-0.2, -0.15) is 0 Å². The smallest absolute Gasteiger partial charge is 0.113 e. The summed E-state index contributed by atoms with van der Waals surface area (Å²) in [5.41, 5.74) is 0.976. The van der Waals surface area contributed by atoms with E-state index in [9.17, 15) is 0 Å². The summed E-state index contributed by atoms with van der Waals surface area (Å²) < 4.78 is 0. The lowest BCUT2D eigenvalue weighted by molar-refractivity contribution is 0.564. The fraction of sp³-hybridized carbons (Fsp3) is 0.500. The van der Waals surface area contributed by atoms with Gasteiger partial charge in [0.25, 0.3) is 0 Å². The Morgan fingerprint density at radius 2 is 2.00 bits per heavy atom. The summed E-state index contributed by atoms with van der Waals surface area (Å²) in [4.78, 5) is 8.00. The van der Waals surface area contributed by atoms with E-state index in [2.05, 4.69) is 36.9 Å². The molecule has 1 rings (SSSR count). The van der Waals surface area contributed by atoms with Crippen molar-refractivity contribution in [2.75, 3.05) is 0 Å². The Labute approximate surface area is 61.3 Å². The van der Waals surface area contributed by atoms with Crippen LogP contribution in [0.15, 0.2) is 12.4 Å². The van der Waals surface area contributed by atoms with Crippen LogP contribution in [0.3, 0.4) is 0 Å². The minimum absolute atomic E-state index is 0.0637. The molecule has 0 aliphatic rings. The van der Waals surface area contributed by atoms with Crippen LogP contribution in [0.1, 0.15) is 26.5 Å². The summed E-state index contributed by atoms with van der Waals surface area (Å²) in [6.07, 6.45) is 6.17. The maximum Gasteiger partial charge on any atom is 0.113 e. The molecular weight excluding hydrogens is 124 g/mol. The van der Waals surface area contributed by atoms with Crippen LogP contribution in [0, 0.1) is 6.20 Å². The molecule has 1 aromatic heterocycles. The molecule has 0 amide bonds. The van der Waals surface area contributed by atoms with E-state index in [1.165, 1.54) is 0 Å². The molecule has 2 heteroatoms. The molecule has 0 fully saturated rings. The molecule has 2 nitrogen and oxygen atoms in total. The van der Waals surface area contributed by atoms with Crippen molar-refractivity contribution < 1.29 is 0 Å². The summed E-state index contributed by atoms with van der Waals surface area (Å²) in [7, 11) is 0. The average molecular weight is 135 g/mol. The van der Waals surface area contributed by atoms with Gasteiger partial charge >= 0.3 is 0 Å². The van der Waals surface area contributed by atoms with Crippen LogP contribution in [0.4, 0.5) is 0 Å². The Balaban J connectivity index is 2.97. The van der Waals surface area contributed by atoms with Gasteiger partial charge in [-0.25, -0.2) is 0 Å². The topological polar surface area (TPSA) is 25.8 Å². The fourth-order valence-electron chi connectivity index (χ4n) is 0.630. The van der Waals surface area contributed by atoms with Crippen LogP contribution in [-0.4, -0.2) is 9.97 Å². The minimum Gasteiger partial charge on any atom is -0.257 e. The number of hydrogen-bond acceptors (Lipinski definition) is 2. The highest BCUT2D eigenvalue weighted by Gasteiger charge is 2.14. The number of nitrogens with zero attached hydrogens (tertiary/aromatic N) is 2. The summed E-state index contributed by atoms with van der Waals surface area (Å²) in [5.74, 6) is 0. The highest BCUT2D eigenvalue weighted by molar-refractivity contribution is 5.05. The van der Waals surface area contributed by atoms with Gasteiger partial charge in [-0.1, -0.05) is 20.8 Å². The third-order valence-electron chi connectivity index (χ3n) is 1.23. The van der Waals surface area contributed by atoms with E-state index >= 15 is 0 Å². The monoisotopic (exact) mass is 135 g/mol. The second-order valence-electron chi connectivity index (χ2n) is 3.27. The van der Waals surface area contributed by atoms with E-state index in [1.54, 1.807) is 12.4 Å². The molecule has 53 valence electrons. The van der Waals surface area contributed by atoms with E-state index < -0.39 is 0 Å². The van der Waals surface area contributed by atoms with Gasteiger partial charge in [-0.05, 0) is 0 Å². The largest absolute Gasteiger partial charge is 0.257 e. The van der Waals surface area contributed by atoms with Crippen molar-refractivity contribution >= 4 is 0 Å². The molecule has 0 saturated heterocycles. The van der Waals surface area contributed by atoms with Crippen LogP contribution in [0.5, 0.6) is 0 Å². The Kier molecular flexibility index (Phi) is 1.70. The van der Waals surface area contributed by atoms with Crippen LogP contribution in [0.25, 0.3) is 0 Å². The zero-order valence-corrected chi connectivity index (χ0v) is 6.55. The molecule has 0 aliphatic heterocycles. The lowest BCUT2D eigenvalue weighted by atomic mass is 9.93. The summed E-state index contributed by atoms with van der Waals surface area (Å²) in [5, 5.41) is 0. The van der Waals surface area contributed by atoms with Gasteiger partial charge < -0.3 is 0 Å². The van der Waals surface area contributed by atoms with Crippen LogP contribution >= 0.6 is 0 Å². The van der Waals surface area contributed by atoms with Crippen LogP contribution in [-0.2, 0) is 5.41 Å². The molecule has 10 heavy (non-hydrogen) atoms. The molecular formula is C8H11N2. The Hall–Kier alpha value is -0.920. The van der Waals surface area contributed by atoms with Crippen molar-refractivity contribution in [1.82, 2.24) is 9.97 Å². The SMILES string of the molecule is CC(C)(C)c1[c]nccn1. The quantitative estimate of drug-likeness (QED) is 0.539. The molecule has 0 aliphatic carbocycles. The van der Waals surface area contributed by atoms with E-state index in [-0.39, 0.29) is 5.41 Å². The normalized spacial score (nSPS) is 11.5. The third kappa shape index (κ3) is 1.53. The van der Waals surface area contributed by atoms with Gasteiger partial charge in [0.2, 0.25) is 0 Å². The van der Waals surface area contributed by atoms with Gasteiger partial charge in [0.1, 0.15) is 6.20 Å². The zero-order chi connectivity index (χ0) is 7.61. The molecule has 0 saturated carbocycles. The zero-order valence-electron chi connectivity index (χ0n) is 6.55. The first-order valence-corrected chi connectivity index (χ1v) is 3.30. The van der Waals surface area contributed by atoms with Crippen LogP contribution < -0.4 is 0 Å². The Bertz CT molecular complexity index is 198. The first-order chi connectivity index (χ1) is 4.61. The van der Waals surface area contributed by atoms with Gasteiger partial charge in [0.15, 0.2) is 0 Å². The highest BCUT2D eigenvalue weighted by atomic mass is 14.8. The van der Waals surface area contributed by atoms with Crippen molar-refractivity contribution in [1.29, 1.82) is 0 Å². The van der Waals surface area contributed by atoms with E-state index in [4.69, 9.17) is 0 Å². The van der Waals surface area contributed by atoms with Gasteiger partial charge in [-0.15, -0.1) is 0 Å². The second-order valence-corrected chi connectivity index (χ2v) is 3.27. The maximum absolute atomic E-state index is 4.13. The molecule has 0 aromatic carbocycles. The maximum atomic E-state index is 4.13. The summed E-state index contributed by atoms with van der Waals surface area (Å²) in [6, 6.07) is 0. The molecule has 1 radical (unpaired) electrons. The first kappa shape index (κ1) is 7.19. The molecule has 0 unspecified atom stereocenters. The van der Waals surface area contributed by atoms with Crippen molar-refractivity contribution in [3.8, 4) is 0 Å². The van der Waals surface area contributed by atoms with E-state index in [0.29, 0.717) is 0 Å². The predicted octanol–water partition coefficient (Wildman–Crippen LogP) is 1.57. The Morgan fingerprint density at radius 3 is 2.30 bits per heavy atom. The number of hydrogen-bond donors (Lipinski definition) is 0. The average Bonchev–Trinajstić information content (AvgIpc) is 1.88. The first-order valence-electron chi connectivity index (χ1n) is 3.30.